The van der Waals surface area contributed by atoms with E-state index >= 15 is 0 Å². The molecule has 5 heteroatoms. The van der Waals surface area contributed by atoms with E-state index in [0.29, 0.717) is 5.92 Å². The molecule has 0 spiro atoms. The summed E-state index contributed by atoms with van der Waals surface area (Å²) in [5.41, 5.74) is 10.1. The molecule has 1 heterocycles. The number of nitrogens with two attached hydrogens (primary N) is 1. The number of ether oxygens (including phenoxy) is 1. The van der Waals surface area contributed by atoms with E-state index in [1.807, 2.05) is 0 Å². The summed E-state index contributed by atoms with van der Waals surface area (Å²) in [4.78, 5) is 0. The Morgan fingerprint density at radius 3 is 2.67 bits per heavy atom. The van der Waals surface area contributed by atoms with Crippen molar-refractivity contribution < 1.29 is 4.74 Å². The van der Waals surface area contributed by atoms with Crippen molar-refractivity contribution in [2.24, 2.45) is 5.73 Å². The average Bonchev–Trinajstić information content (AvgIpc) is 2.92. The van der Waals surface area contributed by atoms with E-state index in [1.54, 1.807) is 0 Å². The quantitative estimate of drug-likeness (QED) is 0.820. The van der Waals surface area contributed by atoms with Gasteiger partial charge in [-0.1, -0.05) is 0 Å². The zero-order chi connectivity index (χ0) is 12.0. The number of hydrogen-bond acceptors (Lipinski definition) is 2. The highest BCUT2D eigenvalue weighted by atomic mass is 79.9. The van der Waals surface area contributed by atoms with Gasteiger partial charge in [0.1, 0.15) is 5.75 Å². The highest BCUT2D eigenvalue weighted by Crippen LogP contribution is 2.50. The Labute approximate surface area is 130 Å². The SMILES string of the molecule is Cl.NCC[C@@H]1CCc2c(Br)c(Br)c3c(c21)CCO3. The minimum Gasteiger partial charge on any atom is -0.492 e. The first kappa shape index (κ1) is 14.6. The molecule has 0 fully saturated rings. The molecule has 1 aromatic rings. The number of halogens is 3. The van der Waals surface area contributed by atoms with Crippen LogP contribution in [0, 0.1) is 0 Å². The van der Waals surface area contributed by atoms with Crippen molar-refractivity contribution in [1.82, 2.24) is 0 Å². The van der Waals surface area contributed by atoms with Gasteiger partial charge in [0.2, 0.25) is 0 Å². The summed E-state index contributed by atoms with van der Waals surface area (Å²) in [5, 5.41) is 0. The summed E-state index contributed by atoms with van der Waals surface area (Å²) in [6, 6.07) is 0. The highest BCUT2D eigenvalue weighted by molar-refractivity contribution is 9.13. The molecule has 1 aliphatic carbocycles. The second-order valence-electron chi connectivity index (χ2n) is 4.74. The molecule has 0 radical (unpaired) electrons. The van der Waals surface area contributed by atoms with Crippen molar-refractivity contribution in [3.63, 3.8) is 0 Å². The number of benzene rings is 1. The van der Waals surface area contributed by atoms with Gasteiger partial charge in [-0.3, -0.25) is 0 Å². The van der Waals surface area contributed by atoms with Gasteiger partial charge in [0.15, 0.2) is 0 Å². The highest BCUT2D eigenvalue weighted by Gasteiger charge is 2.33. The van der Waals surface area contributed by atoms with Crippen LogP contribution in [0.4, 0.5) is 0 Å². The van der Waals surface area contributed by atoms with Crippen molar-refractivity contribution in [2.75, 3.05) is 13.2 Å². The lowest BCUT2D eigenvalue weighted by Gasteiger charge is -2.16. The van der Waals surface area contributed by atoms with E-state index in [-0.39, 0.29) is 12.4 Å². The lowest BCUT2D eigenvalue weighted by atomic mass is 9.92. The fourth-order valence-corrected chi connectivity index (χ4v) is 4.32. The summed E-state index contributed by atoms with van der Waals surface area (Å²) in [6.07, 6.45) is 4.53. The standard InChI is InChI=1S/C13H15Br2NO.ClH/c14-11-8-2-1-7(3-5-16)10(8)9-4-6-17-13(9)12(11)15;/h7H,1-6,16H2;1H/t7-;/m0./s1. The second-order valence-corrected chi connectivity index (χ2v) is 6.33. The maximum Gasteiger partial charge on any atom is 0.138 e. The van der Waals surface area contributed by atoms with Gasteiger partial charge in [0, 0.05) is 16.5 Å². The Morgan fingerprint density at radius 1 is 1.17 bits per heavy atom. The Bertz CT molecular complexity index is 479. The molecule has 3 rings (SSSR count). The van der Waals surface area contributed by atoms with Crippen LogP contribution in [-0.2, 0) is 12.8 Å². The molecule has 1 aliphatic heterocycles. The van der Waals surface area contributed by atoms with Crippen LogP contribution in [0.2, 0.25) is 0 Å². The third kappa shape index (κ3) is 2.11. The van der Waals surface area contributed by atoms with Gasteiger partial charge in [0.05, 0.1) is 11.1 Å². The molecule has 1 atom stereocenters. The largest absolute Gasteiger partial charge is 0.492 e. The molecular weight excluding hydrogens is 381 g/mol. The first-order valence-corrected chi connectivity index (χ1v) is 7.68. The maximum atomic E-state index is 5.75. The molecule has 2 N–H and O–H groups in total. The molecule has 18 heavy (non-hydrogen) atoms. The molecule has 0 saturated carbocycles. The van der Waals surface area contributed by atoms with Crippen molar-refractivity contribution in [3.8, 4) is 5.75 Å². The molecule has 2 aliphatic rings. The summed E-state index contributed by atoms with van der Waals surface area (Å²) >= 11 is 7.35. The molecule has 1 aromatic carbocycles. The molecule has 0 amide bonds. The predicted octanol–water partition coefficient (Wildman–Crippen LogP) is 3.95. The third-order valence-corrected chi connectivity index (χ3v) is 6.01. The van der Waals surface area contributed by atoms with Crippen LogP contribution < -0.4 is 10.5 Å². The number of fused-ring (bicyclic) bond motifs is 3. The summed E-state index contributed by atoms with van der Waals surface area (Å²) in [6.45, 7) is 1.58. The molecular formula is C13H16Br2ClNO. The number of hydrogen-bond donors (Lipinski definition) is 1. The van der Waals surface area contributed by atoms with E-state index in [0.717, 1.165) is 42.6 Å². The molecule has 0 aromatic heterocycles. The van der Waals surface area contributed by atoms with Crippen LogP contribution in [0.25, 0.3) is 0 Å². The van der Waals surface area contributed by atoms with Gasteiger partial charge in [-0.05, 0) is 74.7 Å². The van der Waals surface area contributed by atoms with Gasteiger partial charge in [-0.2, -0.15) is 0 Å². The van der Waals surface area contributed by atoms with Crippen LogP contribution in [-0.4, -0.2) is 13.2 Å². The lowest BCUT2D eigenvalue weighted by molar-refractivity contribution is 0.354. The fourth-order valence-electron chi connectivity index (χ4n) is 3.13. The smallest absolute Gasteiger partial charge is 0.138 e. The Morgan fingerprint density at radius 2 is 1.94 bits per heavy atom. The van der Waals surface area contributed by atoms with Gasteiger partial charge in [-0.15, -0.1) is 12.4 Å². The minimum absolute atomic E-state index is 0. The van der Waals surface area contributed by atoms with E-state index in [4.69, 9.17) is 10.5 Å². The average molecular weight is 398 g/mol. The zero-order valence-electron chi connectivity index (χ0n) is 9.97. The molecule has 0 unspecified atom stereocenters. The Hall–Kier alpha value is 0.230. The van der Waals surface area contributed by atoms with Gasteiger partial charge in [-0.25, -0.2) is 0 Å². The summed E-state index contributed by atoms with van der Waals surface area (Å²) in [5.74, 6) is 1.69. The first-order valence-electron chi connectivity index (χ1n) is 6.09. The van der Waals surface area contributed by atoms with Crippen LogP contribution in [0.3, 0.4) is 0 Å². The predicted molar refractivity (Wildman–Crippen MR) is 83.0 cm³/mol. The van der Waals surface area contributed by atoms with Crippen LogP contribution in [0.15, 0.2) is 8.95 Å². The molecule has 100 valence electrons. The lowest BCUT2D eigenvalue weighted by Crippen LogP contribution is -2.06. The summed E-state index contributed by atoms with van der Waals surface area (Å²) < 4.78 is 8.04. The van der Waals surface area contributed by atoms with E-state index < -0.39 is 0 Å². The van der Waals surface area contributed by atoms with Gasteiger partial charge >= 0.3 is 0 Å². The fraction of sp³-hybridized carbons (Fsp3) is 0.538. The normalized spacial score (nSPS) is 20.1. The van der Waals surface area contributed by atoms with E-state index in [1.165, 1.54) is 27.6 Å². The van der Waals surface area contributed by atoms with Crippen molar-refractivity contribution in [2.45, 2.75) is 31.6 Å². The van der Waals surface area contributed by atoms with Crippen molar-refractivity contribution in [1.29, 1.82) is 0 Å². The van der Waals surface area contributed by atoms with E-state index in [9.17, 15) is 0 Å². The second kappa shape index (κ2) is 5.70. The molecule has 0 bridgehead atoms. The van der Waals surface area contributed by atoms with Crippen molar-refractivity contribution in [3.05, 3.63) is 25.6 Å². The van der Waals surface area contributed by atoms with Gasteiger partial charge in [0.25, 0.3) is 0 Å². The first-order chi connectivity index (χ1) is 8.24. The Kier molecular flexibility index (Phi) is 4.63. The zero-order valence-corrected chi connectivity index (χ0v) is 14.0. The van der Waals surface area contributed by atoms with Crippen molar-refractivity contribution >= 4 is 44.3 Å². The Balaban J connectivity index is 0.00000120. The van der Waals surface area contributed by atoms with Crippen LogP contribution in [0.1, 0.15) is 35.4 Å². The maximum absolute atomic E-state index is 5.75. The number of rotatable bonds is 2. The summed E-state index contributed by atoms with van der Waals surface area (Å²) in [7, 11) is 0. The van der Waals surface area contributed by atoms with Gasteiger partial charge < -0.3 is 10.5 Å². The van der Waals surface area contributed by atoms with E-state index in [2.05, 4.69) is 31.9 Å². The third-order valence-electron chi connectivity index (χ3n) is 3.85. The molecule has 2 nitrogen and oxygen atoms in total. The minimum atomic E-state index is 0. The van der Waals surface area contributed by atoms with Crippen LogP contribution in [0.5, 0.6) is 5.75 Å². The monoisotopic (exact) mass is 395 g/mol. The van der Waals surface area contributed by atoms with Crippen LogP contribution >= 0.6 is 44.3 Å². The molecule has 0 saturated heterocycles. The topological polar surface area (TPSA) is 35.2 Å².